The van der Waals surface area contributed by atoms with Gasteiger partial charge in [0.25, 0.3) is 5.91 Å². The van der Waals surface area contributed by atoms with E-state index in [2.05, 4.69) is 15.5 Å². The van der Waals surface area contributed by atoms with Crippen LogP contribution in [0.15, 0.2) is 60.7 Å². The molecule has 0 radical (unpaired) electrons. The fourth-order valence-electron chi connectivity index (χ4n) is 7.41. The first-order valence-corrected chi connectivity index (χ1v) is 18.2. The van der Waals surface area contributed by atoms with Crippen LogP contribution >= 0.6 is 11.3 Å². The second-order valence-electron chi connectivity index (χ2n) is 14.0. The highest BCUT2D eigenvalue weighted by atomic mass is 32.1. The summed E-state index contributed by atoms with van der Waals surface area (Å²) in [5, 5.41) is 6.11. The molecule has 3 fully saturated rings. The Bertz CT molecular complexity index is 1680. The summed E-state index contributed by atoms with van der Waals surface area (Å²) in [5.74, 6) is -0.147. The summed E-state index contributed by atoms with van der Waals surface area (Å²) >= 11 is 1.34. The van der Waals surface area contributed by atoms with Crippen molar-refractivity contribution < 1.29 is 33.4 Å². The summed E-state index contributed by atoms with van der Waals surface area (Å²) in [5.41, 5.74) is 1.34. The fraction of sp³-hybridized carbons (Fsp3) is 0.474. The SMILES string of the molecule is CCNC(=O)Nc1sc(-c2ccc(OCC(=O)OCc3ccccc3)cc2)cc1C(=O)N1CCC(N2CCCC3(C2)CC(C)(C)OC3=O)CC1. The number of carbonyl (C=O) groups is 4. The minimum atomic E-state index is -0.466. The Balaban J connectivity index is 1.08. The van der Waals surface area contributed by atoms with Crippen molar-refractivity contribution in [2.75, 3.05) is 44.6 Å². The van der Waals surface area contributed by atoms with Crippen LogP contribution in [0, 0.1) is 5.41 Å². The number of esters is 2. The maximum Gasteiger partial charge on any atom is 0.344 e. The van der Waals surface area contributed by atoms with Gasteiger partial charge < -0.3 is 24.4 Å². The van der Waals surface area contributed by atoms with Gasteiger partial charge in [-0.3, -0.25) is 19.8 Å². The first kappa shape index (κ1) is 35.4. The minimum Gasteiger partial charge on any atom is -0.482 e. The molecule has 3 aromatic rings. The molecule has 266 valence electrons. The summed E-state index contributed by atoms with van der Waals surface area (Å²) in [6.45, 7) is 9.08. The molecule has 6 rings (SSSR count). The van der Waals surface area contributed by atoms with Gasteiger partial charge in [-0.15, -0.1) is 11.3 Å². The number of ether oxygens (including phenoxy) is 3. The van der Waals surface area contributed by atoms with Gasteiger partial charge in [0.2, 0.25) is 0 Å². The summed E-state index contributed by atoms with van der Waals surface area (Å²) in [4.78, 5) is 56.8. The van der Waals surface area contributed by atoms with Crippen LogP contribution in [0.2, 0.25) is 0 Å². The highest BCUT2D eigenvalue weighted by molar-refractivity contribution is 7.20. The first-order valence-electron chi connectivity index (χ1n) is 17.4. The van der Waals surface area contributed by atoms with Crippen molar-refractivity contribution in [2.45, 2.75) is 71.1 Å². The van der Waals surface area contributed by atoms with Crippen molar-refractivity contribution in [2.24, 2.45) is 5.41 Å². The normalized spacial score (nSPS) is 20.7. The van der Waals surface area contributed by atoms with Gasteiger partial charge in [-0.05, 0) is 94.5 Å². The monoisotopic (exact) mass is 702 g/mol. The molecule has 0 bridgehead atoms. The van der Waals surface area contributed by atoms with Crippen molar-refractivity contribution in [1.29, 1.82) is 0 Å². The van der Waals surface area contributed by atoms with Crippen molar-refractivity contribution in [3.8, 4) is 16.2 Å². The predicted octanol–water partition coefficient (Wildman–Crippen LogP) is 6.09. The number of thiophene rings is 1. The molecule has 2 aromatic carbocycles. The lowest BCUT2D eigenvalue weighted by Crippen LogP contribution is -2.53. The van der Waals surface area contributed by atoms with Gasteiger partial charge in [-0.2, -0.15) is 0 Å². The Labute approximate surface area is 297 Å². The van der Waals surface area contributed by atoms with Crippen molar-refractivity contribution in [1.82, 2.24) is 15.1 Å². The molecule has 3 saturated heterocycles. The molecule has 50 heavy (non-hydrogen) atoms. The Morgan fingerprint density at radius 1 is 1.02 bits per heavy atom. The van der Waals surface area contributed by atoms with Crippen LogP contribution in [-0.2, 0) is 25.7 Å². The summed E-state index contributed by atoms with van der Waals surface area (Å²) in [6, 6.07) is 18.5. The Hall–Kier alpha value is -4.42. The van der Waals surface area contributed by atoms with Crippen LogP contribution in [0.25, 0.3) is 10.4 Å². The maximum absolute atomic E-state index is 14.0. The molecule has 1 unspecified atom stereocenters. The zero-order valence-electron chi connectivity index (χ0n) is 29.0. The number of nitrogens with zero attached hydrogens (tertiary/aromatic N) is 2. The quantitative estimate of drug-likeness (QED) is 0.243. The lowest BCUT2D eigenvalue weighted by Gasteiger charge is -2.44. The van der Waals surface area contributed by atoms with Crippen LogP contribution in [0.5, 0.6) is 5.75 Å². The summed E-state index contributed by atoms with van der Waals surface area (Å²) in [7, 11) is 0. The molecule has 3 amide bonds. The average Bonchev–Trinajstić information content (AvgIpc) is 3.62. The minimum absolute atomic E-state index is 0.0680. The van der Waals surface area contributed by atoms with E-state index in [1.807, 2.05) is 74.2 Å². The van der Waals surface area contributed by atoms with Gasteiger partial charge in [0.05, 0.1) is 11.0 Å². The van der Waals surface area contributed by atoms with E-state index in [1.165, 1.54) is 11.3 Å². The Morgan fingerprint density at radius 3 is 2.44 bits per heavy atom. The highest BCUT2D eigenvalue weighted by Gasteiger charge is 2.54. The number of likely N-dealkylation sites (tertiary alicyclic amines) is 2. The molecule has 2 N–H and O–H groups in total. The molecule has 0 saturated carbocycles. The number of anilines is 1. The maximum atomic E-state index is 14.0. The zero-order valence-corrected chi connectivity index (χ0v) is 29.8. The van der Waals surface area contributed by atoms with E-state index in [-0.39, 0.29) is 31.1 Å². The molecule has 1 spiro atoms. The molecular weight excluding hydrogens is 657 g/mol. The van der Waals surface area contributed by atoms with Crippen LogP contribution in [0.3, 0.4) is 0 Å². The molecule has 3 aliphatic rings. The van der Waals surface area contributed by atoms with Gasteiger partial charge in [-0.1, -0.05) is 30.3 Å². The molecule has 3 aliphatic heterocycles. The Morgan fingerprint density at radius 2 is 1.76 bits per heavy atom. The van der Waals surface area contributed by atoms with Gasteiger partial charge in [0, 0.05) is 43.5 Å². The second kappa shape index (κ2) is 15.2. The highest BCUT2D eigenvalue weighted by Crippen LogP contribution is 2.47. The number of cyclic esters (lactones) is 1. The molecular formula is C38H46N4O7S. The van der Waals surface area contributed by atoms with Gasteiger partial charge in [0.1, 0.15) is 23.0 Å². The van der Waals surface area contributed by atoms with E-state index in [0.717, 1.165) is 54.7 Å². The molecule has 0 aliphatic carbocycles. The molecule has 11 nitrogen and oxygen atoms in total. The van der Waals surface area contributed by atoms with Crippen molar-refractivity contribution >= 4 is 40.2 Å². The third-order valence-electron chi connectivity index (χ3n) is 9.71. The summed E-state index contributed by atoms with van der Waals surface area (Å²) < 4.78 is 16.7. The lowest BCUT2D eigenvalue weighted by molar-refractivity contribution is -0.154. The standard InChI is InChI=1S/C38H46N4O7S/c1-4-39-36(46)40-33-30(21-31(50-33)27-11-13-29(14-12-27)47-23-32(43)48-22-26-9-6-5-7-10-26)34(44)41-19-15-28(16-20-41)42-18-8-17-38(25-42)24-37(2,3)49-35(38)45/h5-7,9-14,21,28H,4,8,15-20,22-25H2,1-3H3,(H2,39,40,46). The van der Waals surface area contributed by atoms with E-state index in [1.54, 1.807) is 12.1 Å². The Kier molecular flexibility index (Phi) is 10.8. The number of benzene rings is 2. The van der Waals surface area contributed by atoms with Crippen LogP contribution < -0.4 is 15.4 Å². The van der Waals surface area contributed by atoms with Crippen LogP contribution in [0.1, 0.15) is 68.8 Å². The number of nitrogens with one attached hydrogen (secondary N) is 2. The van der Waals surface area contributed by atoms with E-state index >= 15 is 0 Å². The molecule has 12 heteroatoms. The topological polar surface area (TPSA) is 127 Å². The third kappa shape index (κ3) is 8.30. The number of piperidine rings is 2. The zero-order chi connectivity index (χ0) is 35.3. The average molecular weight is 703 g/mol. The lowest BCUT2D eigenvalue weighted by atomic mass is 9.74. The number of hydrogen-bond acceptors (Lipinski definition) is 9. The predicted molar refractivity (Wildman–Crippen MR) is 191 cm³/mol. The van der Waals surface area contributed by atoms with Gasteiger partial charge >= 0.3 is 18.0 Å². The van der Waals surface area contributed by atoms with E-state index in [4.69, 9.17) is 14.2 Å². The van der Waals surface area contributed by atoms with Crippen molar-refractivity contribution in [3.05, 3.63) is 71.8 Å². The third-order valence-corrected chi connectivity index (χ3v) is 10.8. The summed E-state index contributed by atoms with van der Waals surface area (Å²) in [6.07, 6.45) is 4.21. The van der Waals surface area contributed by atoms with Crippen LogP contribution in [-0.4, -0.2) is 84.7 Å². The van der Waals surface area contributed by atoms with E-state index in [9.17, 15) is 19.2 Å². The fourth-order valence-corrected chi connectivity index (χ4v) is 8.46. The number of amides is 3. The van der Waals surface area contributed by atoms with Gasteiger partial charge in [-0.25, -0.2) is 9.59 Å². The van der Waals surface area contributed by atoms with Crippen molar-refractivity contribution in [3.63, 3.8) is 0 Å². The van der Waals surface area contributed by atoms with E-state index in [0.29, 0.717) is 48.5 Å². The number of rotatable bonds is 10. The number of carbonyl (C=O) groups excluding carboxylic acids is 4. The number of hydrogen-bond donors (Lipinski definition) is 2. The molecule has 1 aromatic heterocycles. The molecule has 4 heterocycles. The van der Waals surface area contributed by atoms with Crippen LogP contribution in [0.4, 0.5) is 9.80 Å². The smallest absolute Gasteiger partial charge is 0.344 e. The molecule has 1 atom stereocenters. The van der Waals surface area contributed by atoms with E-state index < -0.39 is 17.0 Å². The second-order valence-corrected chi connectivity index (χ2v) is 15.1. The van der Waals surface area contributed by atoms with Gasteiger partial charge in [0.15, 0.2) is 6.61 Å². The first-order chi connectivity index (χ1) is 24.0. The largest absolute Gasteiger partial charge is 0.482 e. The number of urea groups is 1.